The molecular weight excluding hydrogens is 322 g/mol. The molecule has 0 fully saturated rings. The second kappa shape index (κ2) is 5.05. The molecule has 0 aliphatic heterocycles. The van der Waals surface area contributed by atoms with Crippen LogP contribution in [0, 0.1) is 0 Å². The summed E-state index contributed by atoms with van der Waals surface area (Å²) in [7, 11) is 1.34. The molecule has 0 saturated carbocycles. The van der Waals surface area contributed by atoms with Crippen molar-refractivity contribution in [1.29, 1.82) is 0 Å². The van der Waals surface area contributed by atoms with Crippen LogP contribution in [0.15, 0.2) is 46.9 Å². The molecule has 2 heterocycles. The van der Waals surface area contributed by atoms with E-state index < -0.39 is 5.97 Å². The number of carbonyl (C=O) groups excluding carboxylic acids is 1. The molecule has 0 unspecified atom stereocenters. The lowest BCUT2D eigenvalue weighted by Crippen LogP contribution is -2.08. The normalized spacial score (nSPS) is 10.7. The first-order valence-electron chi connectivity index (χ1n) is 5.89. The Bertz CT molecular complexity index is 798. The van der Waals surface area contributed by atoms with E-state index in [1.807, 2.05) is 24.3 Å². The Balaban J connectivity index is 2.21. The number of hydrogen-bond acceptors (Lipinski definition) is 4. The SMILES string of the molecule is COC(=O)c1cccc2nc(-c3ccccc3Br)nn12. The highest BCUT2D eigenvalue weighted by Gasteiger charge is 2.15. The lowest BCUT2D eigenvalue weighted by Gasteiger charge is -2.00. The van der Waals surface area contributed by atoms with E-state index in [-0.39, 0.29) is 0 Å². The summed E-state index contributed by atoms with van der Waals surface area (Å²) in [5.74, 6) is 0.105. The van der Waals surface area contributed by atoms with Crippen LogP contribution in [0.5, 0.6) is 0 Å². The molecule has 0 aliphatic rings. The van der Waals surface area contributed by atoms with Crippen LogP contribution in [-0.4, -0.2) is 27.7 Å². The van der Waals surface area contributed by atoms with Crippen molar-refractivity contribution in [2.75, 3.05) is 7.11 Å². The Kier molecular flexibility index (Phi) is 3.23. The van der Waals surface area contributed by atoms with Crippen LogP contribution in [-0.2, 0) is 4.74 Å². The van der Waals surface area contributed by atoms with Gasteiger partial charge in [0, 0.05) is 10.0 Å². The highest BCUT2D eigenvalue weighted by atomic mass is 79.9. The molecule has 20 heavy (non-hydrogen) atoms. The Labute approximate surface area is 123 Å². The predicted octanol–water partition coefficient (Wildman–Crippen LogP) is 2.95. The van der Waals surface area contributed by atoms with Crippen molar-refractivity contribution in [3.63, 3.8) is 0 Å². The number of benzene rings is 1. The van der Waals surface area contributed by atoms with Gasteiger partial charge in [-0.25, -0.2) is 14.3 Å². The number of nitrogens with zero attached hydrogens (tertiary/aromatic N) is 3. The van der Waals surface area contributed by atoms with Crippen LogP contribution in [0.4, 0.5) is 0 Å². The van der Waals surface area contributed by atoms with E-state index in [0.29, 0.717) is 17.2 Å². The van der Waals surface area contributed by atoms with Crippen molar-refractivity contribution in [3.05, 3.63) is 52.6 Å². The molecule has 0 atom stereocenters. The maximum absolute atomic E-state index is 11.7. The van der Waals surface area contributed by atoms with Gasteiger partial charge in [-0.05, 0) is 24.3 Å². The van der Waals surface area contributed by atoms with Gasteiger partial charge in [-0.3, -0.25) is 0 Å². The van der Waals surface area contributed by atoms with Crippen molar-refractivity contribution >= 4 is 27.5 Å². The van der Waals surface area contributed by atoms with Gasteiger partial charge in [0.05, 0.1) is 7.11 Å². The van der Waals surface area contributed by atoms with Crippen molar-refractivity contribution in [2.24, 2.45) is 0 Å². The number of pyridine rings is 1. The molecule has 0 aliphatic carbocycles. The summed E-state index contributed by atoms with van der Waals surface area (Å²) >= 11 is 3.47. The molecule has 0 radical (unpaired) electrons. The summed E-state index contributed by atoms with van der Waals surface area (Å²) in [6.07, 6.45) is 0. The number of carbonyl (C=O) groups is 1. The third-order valence-electron chi connectivity index (χ3n) is 2.87. The van der Waals surface area contributed by atoms with Gasteiger partial charge in [0.2, 0.25) is 0 Å². The lowest BCUT2D eigenvalue weighted by molar-refractivity contribution is 0.0591. The minimum Gasteiger partial charge on any atom is -0.464 e. The first-order chi connectivity index (χ1) is 9.70. The van der Waals surface area contributed by atoms with Gasteiger partial charge in [0.15, 0.2) is 17.2 Å². The Hall–Kier alpha value is -2.21. The summed E-state index contributed by atoms with van der Waals surface area (Å²) in [6, 6.07) is 12.9. The first kappa shape index (κ1) is 12.8. The number of halogens is 1. The van der Waals surface area contributed by atoms with Crippen LogP contribution in [0.1, 0.15) is 10.5 Å². The van der Waals surface area contributed by atoms with Crippen LogP contribution in [0.3, 0.4) is 0 Å². The Morgan fingerprint density at radius 1 is 1.20 bits per heavy atom. The number of ether oxygens (including phenoxy) is 1. The number of rotatable bonds is 2. The zero-order valence-electron chi connectivity index (χ0n) is 10.6. The quantitative estimate of drug-likeness (QED) is 0.677. The number of fused-ring (bicyclic) bond motifs is 1. The van der Waals surface area contributed by atoms with Crippen LogP contribution in [0.2, 0.25) is 0 Å². The van der Waals surface area contributed by atoms with Gasteiger partial charge in [-0.15, -0.1) is 5.10 Å². The molecule has 5 nitrogen and oxygen atoms in total. The summed E-state index contributed by atoms with van der Waals surface area (Å²) < 4.78 is 7.13. The average molecular weight is 332 g/mol. The third-order valence-corrected chi connectivity index (χ3v) is 3.56. The molecule has 6 heteroatoms. The molecule has 0 amide bonds. The van der Waals surface area contributed by atoms with Crippen LogP contribution < -0.4 is 0 Å². The fourth-order valence-electron chi connectivity index (χ4n) is 1.92. The standard InChI is InChI=1S/C14H10BrN3O2/c1-20-14(19)11-7-4-8-12-16-13(17-18(11)12)9-5-2-3-6-10(9)15/h2-8H,1H3. The van der Waals surface area contributed by atoms with E-state index in [4.69, 9.17) is 4.74 Å². The molecule has 1 aromatic carbocycles. The van der Waals surface area contributed by atoms with Gasteiger partial charge in [-0.1, -0.05) is 34.1 Å². The topological polar surface area (TPSA) is 56.5 Å². The second-order valence-corrected chi connectivity index (χ2v) is 4.94. The van der Waals surface area contributed by atoms with Crippen LogP contribution in [0.25, 0.3) is 17.0 Å². The smallest absolute Gasteiger partial charge is 0.356 e. The van der Waals surface area contributed by atoms with E-state index in [1.54, 1.807) is 18.2 Å². The van der Waals surface area contributed by atoms with Crippen LogP contribution >= 0.6 is 15.9 Å². The second-order valence-electron chi connectivity index (χ2n) is 4.09. The summed E-state index contributed by atoms with van der Waals surface area (Å²) in [5, 5.41) is 4.39. The fraction of sp³-hybridized carbons (Fsp3) is 0.0714. The zero-order chi connectivity index (χ0) is 14.1. The zero-order valence-corrected chi connectivity index (χ0v) is 12.2. The Morgan fingerprint density at radius 2 is 2.00 bits per heavy atom. The molecule has 3 aromatic rings. The summed E-state index contributed by atoms with van der Waals surface area (Å²) in [4.78, 5) is 16.2. The van der Waals surface area contributed by atoms with E-state index in [9.17, 15) is 4.79 Å². The predicted molar refractivity (Wildman–Crippen MR) is 77.5 cm³/mol. The van der Waals surface area contributed by atoms with Crippen molar-refractivity contribution < 1.29 is 9.53 Å². The Morgan fingerprint density at radius 3 is 2.75 bits per heavy atom. The highest BCUT2D eigenvalue weighted by molar-refractivity contribution is 9.10. The van der Waals surface area contributed by atoms with E-state index >= 15 is 0 Å². The molecule has 0 N–H and O–H groups in total. The maximum atomic E-state index is 11.7. The molecule has 3 rings (SSSR count). The molecule has 100 valence electrons. The number of esters is 1. The van der Waals surface area contributed by atoms with Gasteiger partial charge in [-0.2, -0.15) is 0 Å². The van der Waals surface area contributed by atoms with E-state index in [0.717, 1.165) is 10.0 Å². The first-order valence-corrected chi connectivity index (χ1v) is 6.69. The molecular formula is C14H10BrN3O2. The monoisotopic (exact) mass is 331 g/mol. The third kappa shape index (κ3) is 2.08. The number of aromatic nitrogens is 3. The van der Waals surface area contributed by atoms with E-state index in [1.165, 1.54) is 11.6 Å². The van der Waals surface area contributed by atoms with Crippen molar-refractivity contribution in [2.45, 2.75) is 0 Å². The van der Waals surface area contributed by atoms with Gasteiger partial charge in [0.1, 0.15) is 0 Å². The molecule has 2 aromatic heterocycles. The lowest BCUT2D eigenvalue weighted by atomic mass is 10.2. The van der Waals surface area contributed by atoms with Gasteiger partial charge in [0.25, 0.3) is 0 Å². The summed E-state index contributed by atoms with van der Waals surface area (Å²) in [5.41, 5.74) is 1.81. The van der Waals surface area contributed by atoms with Crippen molar-refractivity contribution in [3.8, 4) is 11.4 Å². The largest absolute Gasteiger partial charge is 0.464 e. The molecule has 0 saturated heterocycles. The minimum absolute atomic E-state index is 0.343. The van der Waals surface area contributed by atoms with Crippen molar-refractivity contribution in [1.82, 2.24) is 14.6 Å². The highest BCUT2D eigenvalue weighted by Crippen LogP contribution is 2.25. The van der Waals surface area contributed by atoms with E-state index in [2.05, 4.69) is 26.0 Å². The number of hydrogen-bond donors (Lipinski definition) is 0. The molecule has 0 bridgehead atoms. The summed E-state index contributed by atoms with van der Waals surface area (Å²) in [6.45, 7) is 0. The number of methoxy groups -OCH3 is 1. The maximum Gasteiger partial charge on any atom is 0.356 e. The average Bonchev–Trinajstić information content (AvgIpc) is 2.90. The minimum atomic E-state index is -0.445. The molecule has 0 spiro atoms. The van der Waals surface area contributed by atoms with Gasteiger partial charge < -0.3 is 4.74 Å². The fourth-order valence-corrected chi connectivity index (χ4v) is 2.38. The van der Waals surface area contributed by atoms with Gasteiger partial charge >= 0.3 is 5.97 Å².